The number of fused-ring (bicyclic) bond motifs is 5. The highest BCUT2D eigenvalue weighted by Crippen LogP contribution is 2.41. The molecule has 0 saturated carbocycles. The first-order chi connectivity index (χ1) is 20.0. The number of nitrogens with zero attached hydrogens (tertiary/aromatic N) is 5. The summed E-state index contributed by atoms with van der Waals surface area (Å²) in [5, 5.41) is 24.7. The maximum atomic E-state index is 14.1. The van der Waals surface area contributed by atoms with E-state index in [0.29, 0.717) is 37.2 Å². The highest BCUT2D eigenvalue weighted by atomic mass is 16.5. The lowest BCUT2D eigenvalue weighted by Crippen LogP contribution is -2.34. The number of ether oxygens (including phenoxy) is 1. The van der Waals surface area contributed by atoms with Crippen molar-refractivity contribution in [1.82, 2.24) is 20.3 Å². The van der Waals surface area contributed by atoms with E-state index >= 15 is 0 Å². The van der Waals surface area contributed by atoms with Crippen LogP contribution in [-0.4, -0.2) is 51.5 Å². The highest BCUT2D eigenvalue weighted by molar-refractivity contribution is 6.14. The van der Waals surface area contributed by atoms with Crippen molar-refractivity contribution in [3.05, 3.63) is 89.5 Å². The number of aromatic nitrogens is 3. The second kappa shape index (κ2) is 12.5. The Balaban J connectivity index is 1.40. The Kier molecular flexibility index (Phi) is 8.38. The first-order valence-corrected chi connectivity index (χ1v) is 13.6. The van der Waals surface area contributed by atoms with Gasteiger partial charge in [-0.15, -0.1) is 5.10 Å². The number of anilines is 1. The molecule has 2 heterocycles. The fourth-order valence-corrected chi connectivity index (χ4v) is 5.06. The average Bonchev–Trinajstić information content (AvgIpc) is 3.42. The average molecular weight is 553 g/mol. The smallest absolute Gasteiger partial charge is 0.407 e. The van der Waals surface area contributed by atoms with Gasteiger partial charge in [-0.3, -0.25) is 4.79 Å². The molecule has 10 nitrogen and oxygen atoms in total. The summed E-state index contributed by atoms with van der Waals surface area (Å²) in [7, 11) is 1.50. The quantitative estimate of drug-likeness (QED) is 0.161. The fourth-order valence-electron chi connectivity index (χ4n) is 5.06. The molecule has 0 bridgehead atoms. The van der Waals surface area contributed by atoms with Gasteiger partial charge < -0.3 is 20.2 Å². The second-order valence-electron chi connectivity index (χ2n) is 9.70. The number of para-hydroxylation sites is 1. The van der Waals surface area contributed by atoms with Crippen LogP contribution < -0.4 is 10.2 Å². The molecule has 0 unspecified atom stereocenters. The minimum atomic E-state index is -0.503. The van der Waals surface area contributed by atoms with Crippen molar-refractivity contribution in [3.63, 3.8) is 0 Å². The summed E-state index contributed by atoms with van der Waals surface area (Å²) in [6.45, 7) is 3.32. The first-order valence-electron chi connectivity index (χ1n) is 13.6. The Bertz CT molecular complexity index is 1580. The van der Waals surface area contributed by atoms with Gasteiger partial charge in [-0.25, -0.2) is 9.48 Å². The van der Waals surface area contributed by atoms with Gasteiger partial charge in [0.05, 0.1) is 17.1 Å². The third-order valence-corrected chi connectivity index (χ3v) is 7.06. The Morgan fingerprint density at radius 2 is 1.68 bits per heavy atom. The minimum Gasteiger partial charge on any atom is -0.445 e. The zero-order valence-corrected chi connectivity index (χ0v) is 23.1. The van der Waals surface area contributed by atoms with Crippen LogP contribution in [-0.2, 0) is 17.9 Å². The lowest BCUT2D eigenvalue weighted by Gasteiger charge is -2.28. The Labute approximate surface area is 238 Å². The topological polar surface area (TPSA) is 122 Å². The van der Waals surface area contributed by atoms with Gasteiger partial charge in [0.25, 0.3) is 5.91 Å². The van der Waals surface area contributed by atoms with Gasteiger partial charge in [-0.05, 0) is 42.5 Å². The molecule has 0 spiro atoms. The van der Waals surface area contributed by atoms with Crippen molar-refractivity contribution in [3.8, 4) is 22.5 Å². The molecule has 5 rings (SSSR count). The van der Waals surface area contributed by atoms with E-state index in [9.17, 15) is 14.8 Å². The summed E-state index contributed by atoms with van der Waals surface area (Å²) in [5.74, 6) is -0.106. The number of benzene rings is 3. The van der Waals surface area contributed by atoms with Gasteiger partial charge in [-0.1, -0.05) is 78.0 Å². The van der Waals surface area contributed by atoms with E-state index in [1.807, 2.05) is 77.5 Å². The zero-order chi connectivity index (χ0) is 28.8. The monoisotopic (exact) mass is 552 g/mol. The fraction of sp³-hybridized carbons (Fsp3) is 0.258. The summed E-state index contributed by atoms with van der Waals surface area (Å²) in [5.41, 5.74) is 6.67. The SMILES string of the molecule is CCCn1nnc2c1-c1ccccc1C(=O)N(CCC/C(=N\O)c1ccc(COC(=O)NC)cc1)c1ccccc1-2. The maximum Gasteiger partial charge on any atom is 0.407 e. The lowest BCUT2D eigenvalue weighted by atomic mass is 9.94. The molecule has 1 aromatic heterocycles. The third-order valence-electron chi connectivity index (χ3n) is 7.06. The number of hydrogen-bond acceptors (Lipinski definition) is 7. The number of carbonyl (C=O) groups is 2. The molecule has 0 radical (unpaired) electrons. The van der Waals surface area contributed by atoms with Crippen LogP contribution in [0.2, 0.25) is 0 Å². The Morgan fingerprint density at radius 3 is 2.39 bits per heavy atom. The van der Waals surface area contributed by atoms with E-state index in [1.165, 1.54) is 7.05 Å². The molecule has 2 N–H and O–H groups in total. The molecular weight excluding hydrogens is 520 g/mol. The zero-order valence-electron chi connectivity index (χ0n) is 23.1. The van der Waals surface area contributed by atoms with Gasteiger partial charge in [0, 0.05) is 36.8 Å². The van der Waals surface area contributed by atoms with Crippen LogP contribution in [0.15, 0.2) is 78.0 Å². The van der Waals surface area contributed by atoms with Crippen molar-refractivity contribution in [1.29, 1.82) is 0 Å². The van der Waals surface area contributed by atoms with Gasteiger partial charge >= 0.3 is 6.09 Å². The largest absolute Gasteiger partial charge is 0.445 e. The minimum absolute atomic E-state index is 0.106. The van der Waals surface area contributed by atoms with Crippen molar-refractivity contribution < 1.29 is 19.5 Å². The predicted octanol–water partition coefficient (Wildman–Crippen LogP) is 5.50. The van der Waals surface area contributed by atoms with Crippen molar-refractivity contribution in [2.24, 2.45) is 5.16 Å². The van der Waals surface area contributed by atoms with Crippen molar-refractivity contribution >= 4 is 23.4 Å². The molecule has 10 heteroatoms. The first kappa shape index (κ1) is 27.6. The predicted molar refractivity (Wildman–Crippen MR) is 156 cm³/mol. The third kappa shape index (κ3) is 5.67. The molecule has 0 aliphatic carbocycles. The number of oxime groups is 1. The molecule has 0 fully saturated rings. The molecule has 41 heavy (non-hydrogen) atoms. The van der Waals surface area contributed by atoms with E-state index < -0.39 is 6.09 Å². The number of alkyl carbamates (subject to hydrolysis) is 1. The second-order valence-corrected chi connectivity index (χ2v) is 9.70. The maximum absolute atomic E-state index is 14.1. The number of rotatable bonds is 9. The van der Waals surface area contributed by atoms with Crippen LogP contribution in [0.5, 0.6) is 0 Å². The van der Waals surface area contributed by atoms with E-state index in [2.05, 4.69) is 27.7 Å². The highest BCUT2D eigenvalue weighted by Gasteiger charge is 2.30. The molecule has 1 aliphatic heterocycles. The molecule has 2 amide bonds. The van der Waals surface area contributed by atoms with Gasteiger partial charge in [0.2, 0.25) is 0 Å². The van der Waals surface area contributed by atoms with E-state index in [1.54, 1.807) is 4.90 Å². The van der Waals surface area contributed by atoms with Gasteiger partial charge in [0.15, 0.2) is 0 Å². The Morgan fingerprint density at radius 1 is 0.976 bits per heavy atom. The summed E-state index contributed by atoms with van der Waals surface area (Å²) in [6.07, 6.45) is 1.38. The van der Waals surface area contributed by atoms with Crippen LogP contribution in [0.25, 0.3) is 22.5 Å². The summed E-state index contributed by atoms with van der Waals surface area (Å²) in [4.78, 5) is 27.2. The summed E-state index contributed by atoms with van der Waals surface area (Å²) >= 11 is 0. The molecule has 0 atom stereocenters. The normalized spacial score (nSPS) is 12.6. The van der Waals surface area contributed by atoms with Crippen molar-refractivity contribution in [2.75, 3.05) is 18.5 Å². The van der Waals surface area contributed by atoms with E-state index in [4.69, 9.17) is 4.74 Å². The van der Waals surface area contributed by atoms with Crippen LogP contribution in [0.1, 0.15) is 47.7 Å². The standard InChI is InChI=1S/C31H32N6O4/c1-3-18-37-29-23-9-4-5-10-24(23)30(38)36(27-13-7-6-11-25(27)28(29)33-35-37)19-8-12-26(34-40)22-16-14-21(15-17-22)20-41-31(39)32-2/h4-7,9-11,13-17,40H,3,8,12,18-20H2,1-2H3,(H,32,39)/b34-26+. The summed E-state index contributed by atoms with van der Waals surface area (Å²) in [6, 6.07) is 22.7. The van der Waals surface area contributed by atoms with Gasteiger partial charge in [0.1, 0.15) is 12.3 Å². The van der Waals surface area contributed by atoms with Crippen LogP contribution in [0.3, 0.4) is 0 Å². The summed E-state index contributed by atoms with van der Waals surface area (Å²) < 4.78 is 6.96. The number of nitrogens with one attached hydrogen (secondary N) is 1. The molecule has 1 aliphatic rings. The lowest BCUT2D eigenvalue weighted by molar-refractivity contribution is 0.0987. The number of amides is 2. The van der Waals surface area contributed by atoms with Crippen LogP contribution >= 0.6 is 0 Å². The number of carbonyl (C=O) groups excluding carboxylic acids is 2. The van der Waals surface area contributed by atoms with Crippen LogP contribution in [0, 0.1) is 0 Å². The molecular formula is C31H32N6O4. The van der Waals surface area contributed by atoms with E-state index in [-0.39, 0.29) is 12.5 Å². The van der Waals surface area contributed by atoms with E-state index in [0.717, 1.165) is 45.7 Å². The Hall–Kier alpha value is -4.99. The number of hydrogen-bond donors (Lipinski definition) is 2. The van der Waals surface area contributed by atoms with Gasteiger partial charge in [-0.2, -0.15) is 0 Å². The van der Waals surface area contributed by atoms with Crippen LogP contribution in [0.4, 0.5) is 10.5 Å². The molecule has 210 valence electrons. The molecule has 0 saturated heterocycles. The van der Waals surface area contributed by atoms with Crippen molar-refractivity contribution in [2.45, 2.75) is 39.3 Å². The number of aryl methyl sites for hydroxylation is 1. The molecule has 4 aromatic rings. The molecule has 3 aromatic carbocycles.